The van der Waals surface area contributed by atoms with Crippen molar-refractivity contribution >= 4 is 39.1 Å². The molecule has 0 aromatic heterocycles. The Balaban J connectivity index is 1.71. The molecule has 10 heteroatoms. The number of hydrogen-bond acceptors (Lipinski definition) is 4. The van der Waals surface area contributed by atoms with Crippen LogP contribution in [0, 0.1) is 5.82 Å². The molecule has 0 aliphatic heterocycles. The van der Waals surface area contributed by atoms with Gasteiger partial charge in [-0.3, -0.25) is 13.9 Å². The molecule has 0 heterocycles. The Morgan fingerprint density at radius 1 is 1.00 bits per heavy atom. The first kappa shape index (κ1) is 29.6. The number of hydrogen-bond donors (Lipinski definition) is 1. The maximum atomic E-state index is 14.0. The summed E-state index contributed by atoms with van der Waals surface area (Å²) in [6.45, 7) is 1.32. The molecule has 0 spiro atoms. The molecule has 1 saturated carbocycles. The maximum absolute atomic E-state index is 14.0. The molecule has 1 aliphatic carbocycles. The Morgan fingerprint density at radius 2 is 1.62 bits per heavy atom. The molecule has 0 bridgehead atoms. The number of anilines is 1. The second-order valence-corrected chi connectivity index (χ2v) is 12.1. The van der Waals surface area contributed by atoms with Crippen LogP contribution in [-0.2, 0) is 26.2 Å². The van der Waals surface area contributed by atoms with Crippen LogP contribution in [0.1, 0.15) is 44.6 Å². The lowest BCUT2D eigenvalue weighted by molar-refractivity contribution is -0.140. The molecule has 1 N–H and O–H groups in total. The van der Waals surface area contributed by atoms with Crippen molar-refractivity contribution in [1.82, 2.24) is 10.2 Å². The van der Waals surface area contributed by atoms with Gasteiger partial charge >= 0.3 is 0 Å². The van der Waals surface area contributed by atoms with E-state index < -0.39 is 34.3 Å². The van der Waals surface area contributed by atoms with E-state index in [0.29, 0.717) is 6.42 Å². The Morgan fingerprint density at radius 3 is 2.23 bits per heavy atom. The van der Waals surface area contributed by atoms with Crippen LogP contribution in [0.2, 0.25) is 5.02 Å². The van der Waals surface area contributed by atoms with E-state index in [-0.39, 0.29) is 34.1 Å². The topological polar surface area (TPSA) is 86.8 Å². The zero-order chi connectivity index (χ0) is 28.7. The summed E-state index contributed by atoms with van der Waals surface area (Å²) < 4.78 is 42.5. The summed E-state index contributed by atoms with van der Waals surface area (Å²) >= 11 is 6.01. The molecule has 3 aromatic rings. The van der Waals surface area contributed by atoms with Gasteiger partial charge in [0.2, 0.25) is 11.8 Å². The van der Waals surface area contributed by atoms with Crippen molar-refractivity contribution in [3.63, 3.8) is 0 Å². The van der Waals surface area contributed by atoms with Crippen LogP contribution in [0.5, 0.6) is 0 Å². The van der Waals surface area contributed by atoms with Gasteiger partial charge in [0.15, 0.2) is 0 Å². The van der Waals surface area contributed by atoms with Crippen molar-refractivity contribution in [1.29, 1.82) is 0 Å². The normalized spacial score (nSPS) is 14.5. The monoisotopic (exact) mass is 585 g/mol. The zero-order valence-corrected chi connectivity index (χ0v) is 23.9. The van der Waals surface area contributed by atoms with Gasteiger partial charge in [0, 0.05) is 12.6 Å². The lowest BCUT2D eigenvalue weighted by Gasteiger charge is -2.33. The van der Waals surface area contributed by atoms with Crippen molar-refractivity contribution in [2.24, 2.45) is 0 Å². The Hall–Kier alpha value is -3.43. The van der Waals surface area contributed by atoms with Crippen molar-refractivity contribution < 1.29 is 22.4 Å². The third-order valence-corrected chi connectivity index (χ3v) is 9.16. The first-order valence-corrected chi connectivity index (χ1v) is 15.2. The van der Waals surface area contributed by atoms with Crippen molar-refractivity contribution in [3.8, 4) is 0 Å². The fourth-order valence-corrected chi connectivity index (χ4v) is 6.56. The minimum absolute atomic E-state index is 0.0340. The van der Waals surface area contributed by atoms with Crippen molar-refractivity contribution in [2.75, 3.05) is 10.8 Å². The number of carbonyl (C=O) groups excluding carboxylic acids is 2. The van der Waals surface area contributed by atoms with Crippen LogP contribution in [0.3, 0.4) is 0 Å². The minimum atomic E-state index is -4.25. The number of benzene rings is 3. The number of carbonyl (C=O) groups is 2. The molecule has 1 atom stereocenters. The van der Waals surface area contributed by atoms with E-state index in [1.54, 1.807) is 18.2 Å². The summed E-state index contributed by atoms with van der Waals surface area (Å²) in [5.41, 5.74) is 0.831. The molecule has 4 rings (SSSR count). The highest BCUT2D eigenvalue weighted by Gasteiger charge is 2.34. The SMILES string of the molecule is CCC(C(=O)NC1CCCC1)N(Cc1ccccc1)C(=O)CN(c1ccc(F)c(Cl)c1)S(=O)(=O)c1ccccc1. The number of amides is 2. The summed E-state index contributed by atoms with van der Waals surface area (Å²) in [5.74, 6) is -1.55. The van der Waals surface area contributed by atoms with E-state index in [4.69, 9.17) is 11.6 Å². The summed E-state index contributed by atoms with van der Waals surface area (Å²) in [7, 11) is -4.25. The van der Waals surface area contributed by atoms with Crippen LogP contribution in [0.15, 0.2) is 83.8 Å². The average molecular weight is 586 g/mol. The average Bonchev–Trinajstić information content (AvgIpc) is 3.47. The molecule has 1 unspecified atom stereocenters. The highest BCUT2D eigenvalue weighted by Crippen LogP contribution is 2.28. The van der Waals surface area contributed by atoms with Crippen molar-refractivity contribution in [3.05, 3.63) is 95.3 Å². The van der Waals surface area contributed by atoms with E-state index in [1.165, 1.54) is 29.2 Å². The minimum Gasteiger partial charge on any atom is -0.352 e. The van der Waals surface area contributed by atoms with Gasteiger partial charge in [-0.05, 0) is 55.2 Å². The fourth-order valence-electron chi connectivity index (χ4n) is 4.96. The van der Waals surface area contributed by atoms with Crippen LogP contribution >= 0.6 is 11.6 Å². The number of nitrogens with zero attached hydrogens (tertiary/aromatic N) is 2. The van der Waals surface area contributed by atoms with Gasteiger partial charge in [0.25, 0.3) is 10.0 Å². The third kappa shape index (κ3) is 7.01. The van der Waals surface area contributed by atoms with Crippen LogP contribution < -0.4 is 9.62 Å². The largest absolute Gasteiger partial charge is 0.352 e. The molecular formula is C30H33ClFN3O4S. The number of halogens is 2. The maximum Gasteiger partial charge on any atom is 0.264 e. The molecule has 1 aliphatic rings. The molecule has 0 radical (unpaired) electrons. The summed E-state index contributed by atoms with van der Waals surface area (Å²) in [6.07, 6.45) is 4.21. The van der Waals surface area contributed by atoms with E-state index in [0.717, 1.165) is 41.6 Å². The van der Waals surface area contributed by atoms with Crippen molar-refractivity contribution in [2.45, 2.75) is 62.6 Å². The van der Waals surface area contributed by atoms with Gasteiger partial charge in [-0.15, -0.1) is 0 Å². The van der Waals surface area contributed by atoms with E-state index in [9.17, 15) is 22.4 Å². The van der Waals surface area contributed by atoms with Gasteiger partial charge in [-0.25, -0.2) is 12.8 Å². The first-order valence-electron chi connectivity index (χ1n) is 13.4. The van der Waals surface area contributed by atoms with Gasteiger partial charge in [0.1, 0.15) is 18.4 Å². The summed E-state index contributed by atoms with van der Waals surface area (Å²) in [4.78, 5) is 28.9. The Bertz CT molecular complexity index is 1420. The lowest BCUT2D eigenvalue weighted by atomic mass is 10.1. The second kappa shape index (κ2) is 13.3. The molecular weight excluding hydrogens is 553 g/mol. The molecule has 2 amide bonds. The molecule has 3 aromatic carbocycles. The third-order valence-electron chi connectivity index (χ3n) is 7.08. The van der Waals surface area contributed by atoms with Gasteiger partial charge in [-0.2, -0.15) is 0 Å². The zero-order valence-electron chi connectivity index (χ0n) is 22.3. The molecule has 1 fully saturated rings. The second-order valence-electron chi connectivity index (χ2n) is 9.84. The first-order chi connectivity index (χ1) is 19.2. The van der Waals surface area contributed by atoms with Crippen LogP contribution in [0.4, 0.5) is 10.1 Å². The van der Waals surface area contributed by atoms with Gasteiger partial charge < -0.3 is 10.2 Å². The smallest absolute Gasteiger partial charge is 0.264 e. The predicted octanol–water partition coefficient (Wildman–Crippen LogP) is 5.54. The Labute approximate surface area is 240 Å². The molecule has 7 nitrogen and oxygen atoms in total. The highest BCUT2D eigenvalue weighted by molar-refractivity contribution is 7.92. The van der Waals surface area contributed by atoms with Gasteiger partial charge in [-0.1, -0.05) is 79.9 Å². The molecule has 0 saturated heterocycles. The van der Waals surface area contributed by atoms with E-state index in [1.807, 2.05) is 37.3 Å². The Kier molecular flexibility index (Phi) is 9.81. The number of nitrogens with one attached hydrogen (secondary N) is 1. The fraction of sp³-hybridized carbons (Fsp3) is 0.333. The van der Waals surface area contributed by atoms with E-state index in [2.05, 4.69) is 5.32 Å². The standard InChI is InChI=1S/C30H33ClFN3O4S/c1-2-28(30(37)33-23-13-9-10-14-23)34(20-22-11-5-3-6-12-22)29(36)21-35(24-17-18-27(32)26(31)19-24)40(38,39)25-15-7-4-8-16-25/h3-8,11-12,15-19,23,28H,2,9-10,13-14,20-21H2,1H3,(H,33,37). The van der Waals surface area contributed by atoms with Gasteiger partial charge in [0.05, 0.1) is 15.6 Å². The van der Waals surface area contributed by atoms with Crippen LogP contribution in [-0.4, -0.2) is 43.8 Å². The highest BCUT2D eigenvalue weighted by atomic mass is 35.5. The number of sulfonamides is 1. The summed E-state index contributed by atoms with van der Waals surface area (Å²) in [5, 5.41) is 2.81. The molecule has 40 heavy (non-hydrogen) atoms. The predicted molar refractivity (Wildman–Crippen MR) is 154 cm³/mol. The lowest BCUT2D eigenvalue weighted by Crippen LogP contribution is -2.53. The molecule has 212 valence electrons. The van der Waals surface area contributed by atoms with Crippen LogP contribution in [0.25, 0.3) is 0 Å². The quantitative estimate of drug-likeness (QED) is 0.320. The number of rotatable bonds is 11. The van der Waals surface area contributed by atoms with E-state index >= 15 is 0 Å². The summed E-state index contributed by atoms with van der Waals surface area (Å²) in [6, 6.07) is 19.6.